The van der Waals surface area contributed by atoms with Gasteiger partial charge >= 0.3 is 11.9 Å². The molecule has 0 saturated heterocycles. The molecule has 1 aliphatic heterocycles. The van der Waals surface area contributed by atoms with Gasteiger partial charge in [0.05, 0.1) is 24.7 Å². The standard InChI is InChI=1S/C24H29NO5/c1-12(2)30-24(28)19-15(5)25-17-11-14(4)18(23(27)29-6)22(26)21(17)20(19)16-9-7-13(3)8-10-16/h7-10,12,14,18,20-21H,11H2,1-6H3/t14-,18+,20+,21?/m1/s1. The number of esters is 2. The highest BCUT2D eigenvalue weighted by Gasteiger charge is 2.51. The zero-order chi connectivity index (χ0) is 22.2. The number of ether oxygens (including phenoxy) is 2. The Bertz CT molecular complexity index is 925. The van der Waals surface area contributed by atoms with Crippen LogP contribution in [0.15, 0.2) is 40.5 Å². The van der Waals surface area contributed by atoms with E-state index in [0.717, 1.165) is 16.8 Å². The number of aliphatic imine (C=N–C) groups is 1. The Morgan fingerprint density at radius 2 is 1.73 bits per heavy atom. The maximum Gasteiger partial charge on any atom is 0.336 e. The highest BCUT2D eigenvalue weighted by Crippen LogP contribution is 2.45. The van der Waals surface area contributed by atoms with Crippen LogP contribution in [0.5, 0.6) is 0 Å². The molecular formula is C24H29NO5. The Morgan fingerprint density at radius 1 is 1.10 bits per heavy atom. The molecule has 1 aromatic carbocycles. The van der Waals surface area contributed by atoms with Gasteiger partial charge in [0.25, 0.3) is 0 Å². The van der Waals surface area contributed by atoms with Gasteiger partial charge in [0.2, 0.25) is 0 Å². The zero-order valence-electron chi connectivity index (χ0n) is 18.4. The molecular weight excluding hydrogens is 382 g/mol. The molecule has 1 saturated carbocycles. The first kappa shape index (κ1) is 21.9. The second-order valence-corrected chi connectivity index (χ2v) is 8.51. The van der Waals surface area contributed by atoms with Gasteiger partial charge in [-0.1, -0.05) is 36.8 Å². The van der Waals surface area contributed by atoms with Gasteiger partial charge in [-0.05, 0) is 45.6 Å². The fourth-order valence-electron chi connectivity index (χ4n) is 4.51. The van der Waals surface area contributed by atoms with Crippen molar-refractivity contribution in [2.24, 2.45) is 22.7 Å². The largest absolute Gasteiger partial charge is 0.468 e. The van der Waals surface area contributed by atoms with Crippen LogP contribution in [0.2, 0.25) is 0 Å². The number of aryl methyl sites for hydroxylation is 1. The first-order valence-electron chi connectivity index (χ1n) is 10.3. The van der Waals surface area contributed by atoms with Crippen molar-refractivity contribution in [1.29, 1.82) is 0 Å². The second kappa shape index (κ2) is 8.54. The average molecular weight is 411 g/mol. The van der Waals surface area contributed by atoms with Crippen LogP contribution in [0.1, 0.15) is 51.2 Å². The number of ketones is 1. The fourth-order valence-corrected chi connectivity index (χ4v) is 4.51. The Balaban J connectivity index is 2.16. The van der Waals surface area contributed by atoms with Gasteiger partial charge in [-0.3, -0.25) is 14.6 Å². The van der Waals surface area contributed by atoms with Gasteiger partial charge in [0.15, 0.2) is 5.78 Å². The van der Waals surface area contributed by atoms with Crippen LogP contribution in [0.25, 0.3) is 0 Å². The second-order valence-electron chi connectivity index (χ2n) is 8.51. The highest BCUT2D eigenvalue weighted by atomic mass is 16.5. The van der Waals surface area contributed by atoms with Crippen molar-refractivity contribution < 1.29 is 23.9 Å². The van der Waals surface area contributed by atoms with Crippen LogP contribution in [0.4, 0.5) is 0 Å². The summed E-state index contributed by atoms with van der Waals surface area (Å²) in [6, 6.07) is 7.76. The lowest BCUT2D eigenvalue weighted by Gasteiger charge is -2.40. The van der Waals surface area contributed by atoms with E-state index in [9.17, 15) is 14.4 Å². The van der Waals surface area contributed by atoms with Crippen LogP contribution in [-0.4, -0.2) is 36.6 Å². The molecule has 0 spiro atoms. The summed E-state index contributed by atoms with van der Waals surface area (Å²) in [5, 5.41) is 0. The molecule has 0 aromatic heterocycles. The van der Waals surface area contributed by atoms with E-state index >= 15 is 0 Å². The Kier molecular flexibility index (Phi) is 6.25. The van der Waals surface area contributed by atoms with Crippen LogP contribution < -0.4 is 0 Å². The molecule has 0 bridgehead atoms. The Morgan fingerprint density at radius 3 is 2.30 bits per heavy atom. The molecule has 0 radical (unpaired) electrons. The summed E-state index contributed by atoms with van der Waals surface area (Å²) < 4.78 is 10.4. The number of carbonyl (C=O) groups excluding carboxylic acids is 3. The number of carbonyl (C=O) groups is 3. The van der Waals surface area contributed by atoms with Gasteiger partial charge in [0.1, 0.15) is 5.92 Å². The lowest BCUT2D eigenvalue weighted by molar-refractivity contribution is -0.152. The van der Waals surface area contributed by atoms with E-state index < -0.39 is 29.7 Å². The maximum absolute atomic E-state index is 13.6. The first-order chi connectivity index (χ1) is 14.1. The zero-order valence-corrected chi connectivity index (χ0v) is 18.4. The molecule has 1 aromatic rings. The number of Topliss-reactive ketones (excluding diaryl/α,β-unsaturated/α-hetero) is 1. The van der Waals surface area contributed by atoms with Crippen LogP contribution in [0, 0.1) is 24.7 Å². The van der Waals surface area contributed by atoms with Crippen molar-refractivity contribution in [3.63, 3.8) is 0 Å². The van der Waals surface area contributed by atoms with Gasteiger partial charge in [-0.2, -0.15) is 0 Å². The van der Waals surface area contributed by atoms with E-state index in [4.69, 9.17) is 9.47 Å². The summed E-state index contributed by atoms with van der Waals surface area (Å²) in [6.45, 7) is 9.19. The van der Waals surface area contributed by atoms with Crippen LogP contribution in [-0.2, 0) is 23.9 Å². The molecule has 30 heavy (non-hydrogen) atoms. The molecule has 0 N–H and O–H groups in total. The van der Waals surface area contributed by atoms with Crippen molar-refractivity contribution in [1.82, 2.24) is 0 Å². The van der Waals surface area contributed by atoms with Crippen LogP contribution in [0.3, 0.4) is 0 Å². The van der Waals surface area contributed by atoms with Crippen molar-refractivity contribution in [2.45, 2.75) is 53.1 Å². The minimum absolute atomic E-state index is 0.212. The SMILES string of the molecule is COC(=O)[C@@H]1C(=O)C2C(=NC(C)=C(C(=O)OC(C)C)[C@@H]2c2ccc(C)cc2)C[C@H]1C. The van der Waals surface area contributed by atoms with Gasteiger partial charge in [0, 0.05) is 17.3 Å². The fraction of sp³-hybridized carbons (Fsp3) is 0.500. The Labute approximate surface area is 177 Å². The van der Waals surface area contributed by atoms with E-state index in [1.807, 2.05) is 38.1 Å². The summed E-state index contributed by atoms with van der Waals surface area (Å²) in [7, 11) is 1.29. The molecule has 2 aliphatic rings. The predicted octanol–water partition coefficient (Wildman–Crippen LogP) is 3.77. The molecule has 1 unspecified atom stereocenters. The average Bonchev–Trinajstić information content (AvgIpc) is 2.66. The van der Waals surface area contributed by atoms with E-state index in [1.54, 1.807) is 20.8 Å². The minimum Gasteiger partial charge on any atom is -0.468 e. The van der Waals surface area contributed by atoms with Crippen molar-refractivity contribution in [3.05, 3.63) is 46.7 Å². The van der Waals surface area contributed by atoms with Gasteiger partial charge < -0.3 is 9.47 Å². The minimum atomic E-state index is -0.868. The smallest absolute Gasteiger partial charge is 0.336 e. The lowest BCUT2D eigenvalue weighted by Crippen LogP contribution is -2.48. The lowest BCUT2D eigenvalue weighted by atomic mass is 9.63. The number of rotatable bonds is 4. The molecule has 0 amide bonds. The molecule has 1 fully saturated rings. The van der Waals surface area contributed by atoms with Gasteiger partial charge in [-0.15, -0.1) is 0 Å². The van der Waals surface area contributed by atoms with Crippen molar-refractivity contribution in [2.75, 3.05) is 7.11 Å². The summed E-state index contributed by atoms with van der Waals surface area (Å²) in [4.78, 5) is 43.6. The molecule has 6 heteroatoms. The van der Waals surface area contributed by atoms with E-state index in [1.165, 1.54) is 7.11 Å². The Hall–Kier alpha value is -2.76. The number of hydrogen-bond acceptors (Lipinski definition) is 6. The molecule has 4 atom stereocenters. The predicted molar refractivity (Wildman–Crippen MR) is 113 cm³/mol. The number of fused-ring (bicyclic) bond motifs is 1. The van der Waals surface area contributed by atoms with Crippen molar-refractivity contribution >= 4 is 23.4 Å². The van der Waals surface area contributed by atoms with Crippen LogP contribution >= 0.6 is 0 Å². The number of allylic oxidation sites excluding steroid dienone is 1. The monoisotopic (exact) mass is 411 g/mol. The summed E-state index contributed by atoms with van der Waals surface area (Å²) in [5.41, 5.74) is 3.57. The summed E-state index contributed by atoms with van der Waals surface area (Å²) in [6.07, 6.45) is 0.203. The third kappa shape index (κ3) is 3.95. The number of hydrogen-bond donors (Lipinski definition) is 0. The normalized spacial score (nSPS) is 26.2. The van der Waals surface area contributed by atoms with E-state index in [-0.39, 0.29) is 17.8 Å². The summed E-state index contributed by atoms with van der Waals surface area (Å²) in [5.74, 6) is -3.57. The molecule has 3 rings (SSSR count). The maximum atomic E-state index is 13.6. The number of nitrogens with zero attached hydrogens (tertiary/aromatic N) is 1. The third-order valence-electron chi connectivity index (χ3n) is 5.87. The van der Waals surface area contributed by atoms with Gasteiger partial charge in [-0.25, -0.2) is 4.79 Å². The first-order valence-corrected chi connectivity index (χ1v) is 10.3. The number of methoxy groups -OCH3 is 1. The van der Waals surface area contributed by atoms with E-state index in [2.05, 4.69) is 4.99 Å². The molecule has 6 nitrogen and oxygen atoms in total. The van der Waals surface area contributed by atoms with E-state index in [0.29, 0.717) is 17.7 Å². The molecule has 1 heterocycles. The number of benzene rings is 1. The van der Waals surface area contributed by atoms with Crippen molar-refractivity contribution in [3.8, 4) is 0 Å². The molecule has 160 valence electrons. The summed E-state index contributed by atoms with van der Waals surface area (Å²) >= 11 is 0. The highest BCUT2D eigenvalue weighted by molar-refractivity contribution is 6.17. The third-order valence-corrected chi connectivity index (χ3v) is 5.87. The topological polar surface area (TPSA) is 82.0 Å². The molecule has 1 aliphatic carbocycles. The quantitative estimate of drug-likeness (QED) is 0.556.